The molecule has 0 bridgehead atoms. The largest absolute Gasteiger partial charge is 0.485 e. The predicted molar refractivity (Wildman–Crippen MR) is 111 cm³/mol. The van der Waals surface area contributed by atoms with E-state index in [9.17, 15) is 4.79 Å². The summed E-state index contributed by atoms with van der Waals surface area (Å²) in [5, 5.41) is 12.5. The van der Waals surface area contributed by atoms with Crippen molar-refractivity contribution in [1.29, 1.82) is 0 Å². The summed E-state index contributed by atoms with van der Waals surface area (Å²) in [6.07, 6.45) is 3.84. The van der Waals surface area contributed by atoms with Crippen LogP contribution in [0.25, 0.3) is 5.65 Å². The summed E-state index contributed by atoms with van der Waals surface area (Å²) >= 11 is 0. The fourth-order valence-electron chi connectivity index (χ4n) is 3.99. The third-order valence-corrected chi connectivity index (χ3v) is 5.46. The van der Waals surface area contributed by atoms with Crippen LogP contribution in [0.3, 0.4) is 0 Å². The van der Waals surface area contributed by atoms with Gasteiger partial charge in [-0.2, -0.15) is 4.98 Å². The van der Waals surface area contributed by atoms with Crippen LogP contribution in [0.5, 0.6) is 5.75 Å². The summed E-state index contributed by atoms with van der Waals surface area (Å²) in [5.41, 5.74) is 1.34. The van der Waals surface area contributed by atoms with E-state index in [2.05, 4.69) is 20.3 Å². The molecule has 158 valence electrons. The van der Waals surface area contributed by atoms with Gasteiger partial charge in [-0.3, -0.25) is 9.20 Å². The molecule has 3 aromatic heterocycles. The SMILES string of the molecule is Cc1nc(COc2ccccc2C(=O)N2CCCC(c3nnc4ccccn34)C2)no1. The van der Waals surface area contributed by atoms with Crippen LogP contribution in [0.4, 0.5) is 0 Å². The number of aryl methyl sites for hydroxylation is 1. The molecule has 1 unspecified atom stereocenters. The van der Waals surface area contributed by atoms with E-state index >= 15 is 0 Å². The number of pyridine rings is 1. The van der Waals surface area contributed by atoms with Gasteiger partial charge in [0, 0.05) is 32.1 Å². The number of carbonyl (C=O) groups excluding carboxylic acids is 1. The minimum atomic E-state index is -0.0570. The summed E-state index contributed by atoms with van der Waals surface area (Å²) in [6.45, 7) is 3.15. The average molecular weight is 418 g/mol. The van der Waals surface area contributed by atoms with Gasteiger partial charge in [-0.05, 0) is 37.1 Å². The van der Waals surface area contributed by atoms with Gasteiger partial charge in [-0.1, -0.05) is 23.4 Å². The molecule has 0 spiro atoms. The second kappa shape index (κ2) is 8.17. The van der Waals surface area contributed by atoms with Crippen molar-refractivity contribution < 1.29 is 14.1 Å². The molecule has 0 N–H and O–H groups in total. The van der Waals surface area contributed by atoms with E-state index < -0.39 is 0 Å². The van der Waals surface area contributed by atoms with E-state index in [1.807, 2.05) is 45.8 Å². The molecular weight excluding hydrogens is 396 g/mol. The Morgan fingerprint density at radius 1 is 1.19 bits per heavy atom. The Labute approximate surface area is 178 Å². The maximum Gasteiger partial charge on any atom is 0.257 e. The van der Waals surface area contributed by atoms with Crippen molar-refractivity contribution >= 4 is 11.6 Å². The smallest absolute Gasteiger partial charge is 0.257 e. The number of carbonyl (C=O) groups is 1. The molecule has 0 aliphatic carbocycles. The zero-order valence-electron chi connectivity index (χ0n) is 17.1. The van der Waals surface area contributed by atoms with E-state index in [0.29, 0.717) is 36.1 Å². The number of hydrogen-bond donors (Lipinski definition) is 0. The van der Waals surface area contributed by atoms with Crippen molar-refractivity contribution in [2.75, 3.05) is 13.1 Å². The maximum absolute atomic E-state index is 13.4. The molecule has 1 aromatic carbocycles. The number of hydrogen-bond acceptors (Lipinski definition) is 7. The number of fused-ring (bicyclic) bond motifs is 1. The van der Waals surface area contributed by atoms with Gasteiger partial charge in [0.25, 0.3) is 5.91 Å². The first-order valence-corrected chi connectivity index (χ1v) is 10.3. The molecule has 4 aromatic rings. The summed E-state index contributed by atoms with van der Waals surface area (Å²) in [4.78, 5) is 19.4. The minimum Gasteiger partial charge on any atom is -0.485 e. The fraction of sp³-hybridized carbons (Fsp3) is 0.318. The molecule has 5 rings (SSSR count). The molecule has 0 radical (unpaired) electrons. The number of benzene rings is 1. The quantitative estimate of drug-likeness (QED) is 0.491. The molecule has 1 atom stereocenters. The van der Waals surface area contributed by atoms with Crippen LogP contribution in [0.1, 0.15) is 46.7 Å². The van der Waals surface area contributed by atoms with E-state index in [-0.39, 0.29) is 18.4 Å². The molecule has 4 heterocycles. The van der Waals surface area contributed by atoms with Crippen LogP contribution >= 0.6 is 0 Å². The topological polar surface area (TPSA) is 98.7 Å². The fourth-order valence-corrected chi connectivity index (χ4v) is 3.99. The van der Waals surface area contributed by atoms with Crippen molar-refractivity contribution in [3.8, 4) is 5.75 Å². The standard InChI is InChI=1S/C22H22N6O3/c1-15-23-19(26-31-15)14-30-18-9-3-2-8-17(18)22(29)27-11-6-7-16(13-27)21-25-24-20-10-4-5-12-28(20)21/h2-5,8-10,12,16H,6-7,11,13-14H2,1H3. The van der Waals surface area contributed by atoms with Crippen molar-refractivity contribution in [2.24, 2.45) is 0 Å². The first-order valence-electron chi connectivity index (χ1n) is 10.3. The second-order valence-electron chi connectivity index (χ2n) is 7.59. The molecule has 1 fully saturated rings. The monoisotopic (exact) mass is 418 g/mol. The lowest BCUT2D eigenvalue weighted by Crippen LogP contribution is -2.39. The van der Waals surface area contributed by atoms with Crippen molar-refractivity contribution in [3.05, 3.63) is 71.8 Å². The van der Waals surface area contributed by atoms with Crippen molar-refractivity contribution in [2.45, 2.75) is 32.3 Å². The Bertz CT molecular complexity index is 1220. The van der Waals surface area contributed by atoms with Gasteiger partial charge in [-0.25, -0.2) is 0 Å². The Hall–Kier alpha value is -3.75. The van der Waals surface area contributed by atoms with Gasteiger partial charge in [0.15, 0.2) is 12.3 Å². The average Bonchev–Trinajstić information content (AvgIpc) is 3.43. The van der Waals surface area contributed by atoms with Gasteiger partial charge in [0.1, 0.15) is 11.6 Å². The number of ether oxygens (including phenoxy) is 1. The van der Waals surface area contributed by atoms with Gasteiger partial charge in [-0.15, -0.1) is 10.2 Å². The lowest BCUT2D eigenvalue weighted by atomic mass is 9.96. The minimum absolute atomic E-state index is 0.0570. The maximum atomic E-state index is 13.4. The highest BCUT2D eigenvalue weighted by molar-refractivity contribution is 5.97. The summed E-state index contributed by atoms with van der Waals surface area (Å²) < 4.78 is 12.8. The molecule has 31 heavy (non-hydrogen) atoms. The lowest BCUT2D eigenvalue weighted by Gasteiger charge is -2.32. The predicted octanol–water partition coefficient (Wildman–Crippen LogP) is 3.02. The van der Waals surface area contributed by atoms with Gasteiger partial charge < -0.3 is 14.2 Å². The number of amides is 1. The number of piperidine rings is 1. The molecule has 1 amide bonds. The Kier molecular flexibility index (Phi) is 5.07. The molecule has 9 heteroatoms. The van der Waals surface area contributed by atoms with E-state index in [4.69, 9.17) is 9.26 Å². The van der Waals surface area contributed by atoms with Gasteiger partial charge in [0.05, 0.1) is 5.56 Å². The van der Waals surface area contributed by atoms with Crippen LogP contribution in [0.15, 0.2) is 53.2 Å². The van der Waals surface area contributed by atoms with Crippen molar-refractivity contribution in [3.63, 3.8) is 0 Å². The number of likely N-dealkylation sites (tertiary alicyclic amines) is 1. The van der Waals surface area contributed by atoms with Crippen LogP contribution in [0.2, 0.25) is 0 Å². The lowest BCUT2D eigenvalue weighted by molar-refractivity contribution is 0.0699. The first kappa shape index (κ1) is 19.2. The molecule has 1 saturated heterocycles. The second-order valence-corrected chi connectivity index (χ2v) is 7.59. The highest BCUT2D eigenvalue weighted by Crippen LogP contribution is 2.29. The molecule has 1 aliphatic heterocycles. The number of para-hydroxylation sites is 1. The first-order chi connectivity index (χ1) is 15.2. The highest BCUT2D eigenvalue weighted by Gasteiger charge is 2.29. The van der Waals surface area contributed by atoms with Crippen LogP contribution < -0.4 is 4.74 Å². The molecule has 1 aliphatic rings. The van der Waals surface area contributed by atoms with Crippen LogP contribution in [-0.2, 0) is 6.61 Å². The summed E-state index contributed by atoms with van der Waals surface area (Å²) in [7, 11) is 0. The normalized spacial score (nSPS) is 16.5. The Morgan fingerprint density at radius 2 is 2.06 bits per heavy atom. The summed E-state index contributed by atoms with van der Waals surface area (Å²) in [6, 6.07) is 13.1. The van der Waals surface area contributed by atoms with E-state index in [0.717, 1.165) is 24.3 Å². The highest BCUT2D eigenvalue weighted by atomic mass is 16.5. The zero-order chi connectivity index (χ0) is 21.2. The van der Waals surface area contributed by atoms with Crippen LogP contribution in [-0.4, -0.2) is 48.6 Å². The Morgan fingerprint density at radius 3 is 2.94 bits per heavy atom. The van der Waals surface area contributed by atoms with Crippen LogP contribution in [0, 0.1) is 6.92 Å². The molecular formula is C22H22N6O3. The Balaban J connectivity index is 1.34. The molecule has 9 nitrogen and oxygen atoms in total. The van der Waals surface area contributed by atoms with E-state index in [1.165, 1.54) is 0 Å². The van der Waals surface area contributed by atoms with Gasteiger partial charge >= 0.3 is 0 Å². The van der Waals surface area contributed by atoms with Gasteiger partial charge in [0.2, 0.25) is 11.7 Å². The third kappa shape index (κ3) is 3.86. The van der Waals surface area contributed by atoms with Crippen molar-refractivity contribution in [1.82, 2.24) is 29.6 Å². The molecule has 0 saturated carbocycles. The zero-order valence-corrected chi connectivity index (χ0v) is 17.1. The number of rotatable bonds is 5. The third-order valence-electron chi connectivity index (χ3n) is 5.46. The van der Waals surface area contributed by atoms with E-state index in [1.54, 1.807) is 19.1 Å². The summed E-state index contributed by atoms with van der Waals surface area (Å²) in [5.74, 6) is 2.39. The number of aromatic nitrogens is 5. The number of nitrogens with zero attached hydrogens (tertiary/aromatic N) is 6.